The van der Waals surface area contributed by atoms with E-state index in [9.17, 15) is 14.7 Å². The van der Waals surface area contributed by atoms with Crippen molar-refractivity contribution in [3.8, 4) is 0 Å². The van der Waals surface area contributed by atoms with Gasteiger partial charge in [-0.1, -0.05) is 19.3 Å². The van der Waals surface area contributed by atoms with Crippen LogP contribution in [0.5, 0.6) is 0 Å². The van der Waals surface area contributed by atoms with Crippen LogP contribution in [0, 0.1) is 6.92 Å². The molecular formula is C23H34N4O3. The summed E-state index contributed by atoms with van der Waals surface area (Å²) in [5.74, 6) is 0.579. The second kappa shape index (κ2) is 9.00. The van der Waals surface area contributed by atoms with Gasteiger partial charge in [0, 0.05) is 25.8 Å². The standard InChI is InChI=1S/C23H34N4O3/c1-17-24-16-18(22(29)26-12-6-3-7-13-26)21(25-17)19-9-8-14-27(19)20(28)15-23(30)10-4-2-5-11-23/h16,19,30H,2-15H2,1H3. The number of likely N-dealkylation sites (tertiary alicyclic amines) is 2. The van der Waals surface area contributed by atoms with Crippen molar-refractivity contribution in [2.24, 2.45) is 0 Å². The van der Waals surface area contributed by atoms with Crippen molar-refractivity contribution in [3.63, 3.8) is 0 Å². The van der Waals surface area contributed by atoms with Gasteiger partial charge < -0.3 is 14.9 Å². The molecule has 0 spiro atoms. The van der Waals surface area contributed by atoms with Crippen molar-refractivity contribution in [1.82, 2.24) is 19.8 Å². The lowest BCUT2D eigenvalue weighted by Gasteiger charge is -2.34. The highest BCUT2D eigenvalue weighted by Gasteiger charge is 2.39. The Morgan fingerprint density at radius 3 is 2.50 bits per heavy atom. The number of amides is 2. The maximum absolute atomic E-state index is 13.2. The van der Waals surface area contributed by atoms with Crippen LogP contribution >= 0.6 is 0 Å². The van der Waals surface area contributed by atoms with E-state index in [1.54, 1.807) is 6.20 Å². The molecular weight excluding hydrogens is 380 g/mol. The van der Waals surface area contributed by atoms with Crippen LogP contribution in [0.2, 0.25) is 0 Å². The van der Waals surface area contributed by atoms with Gasteiger partial charge in [-0.25, -0.2) is 9.97 Å². The summed E-state index contributed by atoms with van der Waals surface area (Å²) in [6.45, 7) is 4.02. The van der Waals surface area contributed by atoms with E-state index < -0.39 is 5.60 Å². The van der Waals surface area contributed by atoms with Crippen LogP contribution in [0.1, 0.15) is 98.5 Å². The van der Waals surface area contributed by atoms with Gasteiger partial charge in [-0.05, 0) is 51.9 Å². The molecule has 7 nitrogen and oxygen atoms in total. The first-order valence-corrected chi connectivity index (χ1v) is 11.6. The van der Waals surface area contributed by atoms with E-state index in [0.29, 0.717) is 36.5 Å². The average molecular weight is 415 g/mol. The summed E-state index contributed by atoms with van der Waals surface area (Å²) in [7, 11) is 0. The minimum Gasteiger partial charge on any atom is -0.389 e. The number of piperidine rings is 1. The van der Waals surface area contributed by atoms with Crippen LogP contribution in [0.15, 0.2) is 6.20 Å². The van der Waals surface area contributed by atoms with E-state index in [-0.39, 0.29) is 24.3 Å². The lowest BCUT2D eigenvalue weighted by Crippen LogP contribution is -2.41. The van der Waals surface area contributed by atoms with E-state index in [0.717, 1.165) is 64.5 Å². The van der Waals surface area contributed by atoms with Crippen LogP contribution in [0.25, 0.3) is 0 Å². The van der Waals surface area contributed by atoms with Gasteiger partial charge in [0.05, 0.1) is 29.3 Å². The molecule has 3 aliphatic rings. The molecule has 1 aromatic heterocycles. The van der Waals surface area contributed by atoms with Crippen molar-refractivity contribution in [3.05, 3.63) is 23.3 Å². The van der Waals surface area contributed by atoms with Crippen LogP contribution in [0.3, 0.4) is 0 Å². The number of hydrogen-bond donors (Lipinski definition) is 1. The van der Waals surface area contributed by atoms with Gasteiger partial charge in [-0.3, -0.25) is 9.59 Å². The van der Waals surface area contributed by atoms with Gasteiger partial charge in [0.2, 0.25) is 5.91 Å². The molecule has 3 fully saturated rings. The summed E-state index contributed by atoms with van der Waals surface area (Å²) in [6.07, 6.45) is 11.2. The third-order valence-corrected chi connectivity index (χ3v) is 6.97. The SMILES string of the molecule is Cc1ncc(C(=O)N2CCCCC2)c(C2CCCN2C(=O)CC2(O)CCCCC2)n1. The largest absolute Gasteiger partial charge is 0.389 e. The van der Waals surface area contributed by atoms with Crippen molar-refractivity contribution in [1.29, 1.82) is 0 Å². The van der Waals surface area contributed by atoms with Crippen LogP contribution in [0.4, 0.5) is 0 Å². The van der Waals surface area contributed by atoms with Crippen molar-refractivity contribution >= 4 is 11.8 Å². The smallest absolute Gasteiger partial charge is 0.257 e. The van der Waals surface area contributed by atoms with E-state index in [4.69, 9.17) is 0 Å². The molecule has 30 heavy (non-hydrogen) atoms. The zero-order valence-corrected chi connectivity index (χ0v) is 18.1. The average Bonchev–Trinajstić information content (AvgIpc) is 3.24. The Morgan fingerprint density at radius 2 is 1.77 bits per heavy atom. The quantitative estimate of drug-likeness (QED) is 0.818. The summed E-state index contributed by atoms with van der Waals surface area (Å²) in [6, 6.07) is -0.213. The van der Waals surface area contributed by atoms with Gasteiger partial charge in [0.15, 0.2) is 0 Å². The molecule has 164 valence electrons. The topological polar surface area (TPSA) is 86.6 Å². The Morgan fingerprint density at radius 1 is 1.07 bits per heavy atom. The first kappa shape index (κ1) is 21.2. The fourth-order valence-electron chi connectivity index (χ4n) is 5.29. The fraction of sp³-hybridized carbons (Fsp3) is 0.739. The first-order valence-electron chi connectivity index (χ1n) is 11.6. The van der Waals surface area contributed by atoms with Crippen LogP contribution in [-0.4, -0.2) is 61.9 Å². The highest BCUT2D eigenvalue weighted by molar-refractivity contribution is 5.95. The number of rotatable bonds is 4. The highest BCUT2D eigenvalue weighted by atomic mass is 16.3. The molecule has 0 aromatic carbocycles. The molecule has 7 heteroatoms. The van der Waals surface area contributed by atoms with Gasteiger partial charge in [-0.15, -0.1) is 0 Å². The maximum Gasteiger partial charge on any atom is 0.257 e. The Balaban J connectivity index is 1.56. The summed E-state index contributed by atoms with van der Waals surface area (Å²) >= 11 is 0. The predicted octanol–water partition coefficient (Wildman–Crippen LogP) is 3.16. The number of aromatic nitrogens is 2. The summed E-state index contributed by atoms with van der Waals surface area (Å²) < 4.78 is 0. The summed E-state index contributed by atoms with van der Waals surface area (Å²) in [5.41, 5.74) is 0.333. The zero-order chi connectivity index (χ0) is 21.1. The van der Waals surface area contributed by atoms with E-state index in [1.165, 1.54) is 0 Å². The molecule has 2 aliphatic heterocycles. The molecule has 3 heterocycles. The van der Waals surface area contributed by atoms with Crippen molar-refractivity contribution in [2.75, 3.05) is 19.6 Å². The Kier molecular flexibility index (Phi) is 6.37. The zero-order valence-electron chi connectivity index (χ0n) is 18.1. The van der Waals surface area contributed by atoms with Gasteiger partial charge in [0.1, 0.15) is 5.82 Å². The summed E-state index contributed by atoms with van der Waals surface area (Å²) in [5, 5.41) is 10.9. The molecule has 4 rings (SSSR count). The van der Waals surface area contributed by atoms with Gasteiger partial charge >= 0.3 is 0 Å². The van der Waals surface area contributed by atoms with Gasteiger partial charge in [0.25, 0.3) is 5.91 Å². The number of carbonyl (C=O) groups is 2. The second-order valence-corrected chi connectivity index (χ2v) is 9.28. The molecule has 0 radical (unpaired) electrons. The first-order chi connectivity index (χ1) is 14.5. The minimum atomic E-state index is -0.878. The molecule has 0 bridgehead atoms. The normalized spacial score (nSPS) is 24.1. The molecule has 1 aromatic rings. The van der Waals surface area contributed by atoms with E-state index in [2.05, 4.69) is 9.97 Å². The number of hydrogen-bond acceptors (Lipinski definition) is 5. The number of nitrogens with zero attached hydrogens (tertiary/aromatic N) is 4. The van der Waals surface area contributed by atoms with E-state index >= 15 is 0 Å². The molecule has 1 N–H and O–H groups in total. The maximum atomic E-state index is 13.2. The lowest BCUT2D eigenvalue weighted by atomic mass is 9.82. The number of aryl methyl sites for hydroxylation is 1. The Hall–Kier alpha value is -2.02. The van der Waals surface area contributed by atoms with Gasteiger partial charge in [-0.2, -0.15) is 0 Å². The molecule has 1 saturated carbocycles. The summed E-state index contributed by atoms with van der Waals surface area (Å²) in [4.78, 5) is 39.1. The van der Waals surface area contributed by atoms with Crippen molar-refractivity contribution in [2.45, 2.75) is 89.2 Å². The number of aliphatic hydroxyl groups is 1. The minimum absolute atomic E-state index is 0.0186. The lowest BCUT2D eigenvalue weighted by molar-refractivity contribution is -0.138. The fourth-order valence-corrected chi connectivity index (χ4v) is 5.29. The highest BCUT2D eigenvalue weighted by Crippen LogP contribution is 2.37. The second-order valence-electron chi connectivity index (χ2n) is 9.28. The molecule has 1 atom stereocenters. The number of carbonyl (C=O) groups excluding carboxylic acids is 2. The van der Waals surface area contributed by atoms with Crippen LogP contribution in [-0.2, 0) is 4.79 Å². The third-order valence-electron chi connectivity index (χ3n) is 6.97. The Labute approximate surface area is 178 Å². The monoisotopic (exact) mass is 414 g/mol. The third kappa shape index (κ3) is 4.51. The van der Waals surface area contributed by atoms with Crippen molar-refractivity contribution < 1.29 is 14.7 Å². The molecule has 1 aliphatic carbocycles. The van der Waals surface area contributed by atoms with E-state index in [1.807, 2.05) is 16.7 Å². The molecule has 2 amide bonds. The van der Waals surface area contributed by atoms with Crippen LogP contribution < -0.4 is 0 Å². The molecule has 1 unspecified atom stereocenters. The predicted molar refractivity (Wildman–Crippen MR) is 113 cm³/mol. The Bertz CT molecular complexity index is 785. The molecule has 2 saturated heterocycles.